The van der Waals surface area contributed by atoms with Gasteiger partial charge in [-0.2, -0.15) is 5.10 Å². The topological polar surface area (TPSA) is 90.6 Å². The van der Waals surface area contributed by atoms with Crippen LogP contribution >= 0.6 is 11.8 Å². The van der Waals surface area contributed by atoms with Crippen molar-refractivity contribution in [3.63, 3.8) is 0 Å². The van der Waals surface area contributed by atoms with Gasteiger partial charge in [-0.15, -0.1) is 11.8 Å². The minimum absolute atomic E-state index is 0.0320. The van der Waals surface area contributed by atoms with Crippen molar-refractivity contribution < 1.29 is 4.79 Å². The van der Waals surface area contributed by atoms with Crippen LogP contribution < -0.4 is 11.0 Å². The molecule has 4 aliphatic carbocycles. The second-order valence-corrected chi connectivity index (χ2v) is 8.73. The van der Waals surface area contributed by atoms with Crippen molar-refractivity contribution in [1.29, 1.82) is 0 Å². The van der Waals surface area contributed by atoms with Gasteiger partial charge in [-0.3, -0.25) is 9.78 Å². The summed E-state index contributed by atoms with van der Waals surface area (Å²) in [6.45, 7) is 0.277. The quantitative estimate of drug-likeness (QED) is 0.764. The molecule has 1 aromatic rings. The van der Waals surface area contributed by atoms with Gasteiger partial charge in [0.25, 0.3) is 0 Å². The molecule has 0 spiro atoms. The van der Waals surface area contributed by atoms with Crippen LogP contribution in [0.25, 0.3) is 0 Å². The van der Waals surface area contributed by atoms with E-state index in [2.05, 4.69) is 20.5 Å². The maximum absolute atomic E-state index is 12.1. The normalized spacial score (nSPS) is 35.7. The number of nitrogens with one attached hydrogen (secondary N) is 3. The lowest BCUT2D eigenvalue weighted by atomic mass is 9.56. The Morgan fingerprint density at radius 1 is 1.23 bits per heavy atom. The first kappa shape index (κ1) is 14.4. The summed E-state index contributed by atoms with van der Waals surface area (Å²) in [4.78, 5) is 25.5. The van der Waals surface area contributed by atoms with E-state index in [9.17, 15) is 9.59 Å². The van der Waals surface area contributed by atoms with E-state index in [-0.39, 0.29) is 18.1 Å². The van der Waals surface area contributed by atoms with E-state index in [0.29, 0.717) is 16.3 Å². The molecule has 22 heavy (non-hydrogen) atoms. The van der Waals surface area contributed by atoms with Gasteiger partial charge in [0.1, 0.15) is 5.82 Å². The van der Waals surface area contributed by atoms with Crippen LogP contribution in [0, 0.1) is 17.8 Å². The minimum atomic E-state index is -0.341. The summed E-state index contributed by atoms with van der Waals surface area (Å²) in [6, 6.07) is 0. The Labute approximate surface area is 133 Å². The van der Waals surface area contributed by atoms with Crippen molar-refractivity contribution >= 4 is 17.7 Å². The smallest absolute Gasteiger partial charge is 0.340 e. The van der Waals surface area contributed by atoms with Crippen LogP contribution in [0.5, 0.6) is 0 Å². The number of nitrogens with zero attached hydrogens (tertiary/aromatic N) is 1. The highest BCUT2D eigenvalue weighted by Gasteiger charge is 2.51. The number of aromatic amines is 2. The van der Waals surface area contributed by atoms with Gasteiger partial charge < -0.3 is 5.32 Å². The SMILES string of the molecule is O=C(CSC12CC3CC(CC(C3)C1)C2)NCc1n[nH]c(=O)[nH]1. The molecule has 0 aliphatic heterocycles. The molecule has 120 valence electrons. The standard InChI is InChI=1S/C15H22N4O2S/c20-13(16-7-12-17-14(21)19-18-12)8-22-15-4-9-1-10(5-15)3-11(2-9)6-15/h9-11H,1-8H2,(H,16,20)(H2,17,18,19,21). The third-order valence-electron chi connectivity index (χ3n) is 5.49. The van der Waals surface area contributed by atoms with Gasteiger partial charge in [-0.1, -0.05) is 0 Å². The fraction of sp³-hybridized carbons (Fsp3) is 0.800. The molecule has 0 aromatic carbocycles. The summed E-state index contributed by atoms with van der Waals surface area (Å²) < 4.78 is 0.368. The molecule has 4 bridgehead atoms. The second kappa shape index (κ2) is 5.44. The van der Waals surface area contributed by atoms with Crippen LogP contribution in [0.2, 0.25) is 0 Å². The summed E-state index contributed by atoms with van der Waals surface area (Å²) in [7, 11) is 0. The zero-order chi connectivity index (χ0) is 15.2. The summed E-state index contributed by atoms with van der Waals surface area (Å²) in [5, 5.41) is 8.92. The summed E-state index contributed by atoms with van der Waals surface area (Å²) in [6.07, 6.45) is 8.21. The highest BCUT2D eigenvalue weighted by atomic mass is 32.2. The van der Waals surface area contributed by atoms with Crippen molar-refractivity contribution in [2.24, 2.45) is 17.8 Å². The molecule has 4 fully saturated rings. The first-order chi connectivity index (χ1) is 10.6. The lowest BCUT2D eigenvalue weighted by Gasteiger charge is -2.56. The molecule has 0 saturated heterocycles. The maximum atomic E-state index is 12.1. The zero-order valence-electron chi connectivity index (χ0n) is 12.6. The molecular formula is C15H22N4O2S. The summed E-state index contributed by atoms with van der Waals surface area (Å²) in [5.74, 6) is 3.76. The highest BCUT2D eigenvalue weighted by molar-refractivity contribution is 8.01. The Hall–Kier alpha value is -1.24. The molecule has 7 heteroatoms. The number of carbonyl (C=O) groups is 1. The third-order valence-corrected chi connectivity index (χ3v) is 7.01. The number of rotatable bonds is 5. The van der Waals surface area contributed by atoms with Crippen molar-refractivity contribution in [1.82, 2.24) is 20.5 Å². The predicted octanol–water partition coefficient (Wildman–Crippen LogP) is 1.42. The average Bonchev–Trinajstić information content (AvgIpc) is 2.87. The molecule has 4 aliphatic rings. The monoisotopic (exact) mass is 322 g/mol. The first-order valence-electron chi connectivity index (χ1n) is 8.14. The molecule has 1 heterocycles. The first-order valence-corrected chi connectivity index (χ1v) is 9.13. The van der Waals surface area contributed by atoms with Crippen LogP contribution in [0.15, 0.2) is 4.79 Å². The number of H-pyrrole nitrogens is 2. The molecule has 1 aromatic heterocycles. The predicted molar refractivity (Wildman–Crippen MR) is 84.4 cm³/mol. The number of carbonyl (C=O) groups excluding carboxylic acids is 1. The Morgan fingerprint density at radius 3 is 2.41 bits per heavy atom. The number of hydrogen-bond donors (Lipinski definition) is 3. The molecule has 3 N–H and O–H groups in total. The molecule has 0 atom stereocenters. The van der Waals surface area contributed by atoms with Crippen molar-refractivity contribution in [2.45, 2.75) is 49.8 Å². The Kier molecular flexibility index (Phi) is 3.55. The number of aromatic nitrogens is 3. The number of amides is 1. The lowest BCUT2D eigenvalue weighted by Crippen LogP contribution is -2.49. The van der Waals surface area contributed by atoms with Crippen molar-refractivity contribution in [3.05, 3.63) is 16.3 Å². The van der Waals surface area contributed by atoms with E-state index < -0.39 is 0 Å². The molecule has 4 saturated carbocycles. The summed E-state index contributed by atoms with van der Waals surface area (Å²) in [5.41, 5.74) is -0.341. The molecular weight excluding hydrogens is 300 g/mol. The Morgan fingerprint density at radius 2 is 1.86 bits per heavy atom. The van der Waals surface area contributed by atoms with Crippen LogP contribution in [0.1, 0.15) is 44.3 Å². The van der Waals surface area contributed by atoms with Gasteiger partial charge in [0, 0.05) is 4.75 Å². The van der Waals surface area contributed by atoms with E-state index in [4.69, 9.17) is 0 Å². The lowest BCUT2D eigenvalue weighted by molar-refractivity contribution is -0.118. The van der Waals surface area contributed by atoms with Crippen LogP contribution in [-0.2, 0) is 11.3 Å². The Bertz CT molecular complexity index is 588. The highest BCUT2D eigenvalue weighted by Crippen LogP contribution is 2.60. The van der Waals surface area contributed by atoms with E-state index in [1.54, 1.807) is 0 Å². The molecule has 0 radical (unpaired) electrons. The van der Waals surface area contributed by atoms with Gasteiger partial charge in [0.15, 0.2) is 0 Å². The fourth-order valence-electron chi connectivity index (χ4n) is 5.05. The van der Waals surface area contributed by atoms with E-state index in [1.165, 1.54) is 38.5 Å². The average molecular weight is 322 g/mol. The van der Waals surface area contributed by atoms with E-state index >= 15 is 0 Å². The third kappa shape index (κ3) is 2.83. The fourth-order valence-corrected chi connectivity index (χ4v) is 6.65. The van der Waals surface area contributed by atoms with Crippen molar-refractivity contribution in [2.75, 3.05) is 5.75 Å². The van der Waals surface area contributed by atoms with Crippen molar-refractivity contribution in [3.8, 4) is 0 Å². The molecule has 5 rings (SSSR count). The van der Waals surface area contributed by atoms with Gasteiger partial charge in [0.2, 0.25) is 5.91 Å². The van der Waals surface area contributed by atoms with Crippen LogP contribution in [0.4, 0.5) is 0 Å². The zero-order valence-corrected chi connectivity index (χ0v) is 13.4. The maximum Gasteiger partial charge on any atom is 0.340 e. The number of thioether (sulfide) groups is 1. The van der Waals surface area contributed by atoms with Gasteiger partial charge in [-0.05, 0) is 56.3 Å². The van der Waals surface area contributed by atoms with E-state index in [0.717, 1.165) is 17.8 Å². The summed E-state index contributed by atoms with van der Waals surface area (Å²) >= 11 is 1.87. The molecule has 1 amide bonds. The Balaban J connectivity index is 1.29. The van der Waals surface area contributed by atoms with Gasteiger partial charge in [0.05, 0.1) is 12.3 Å². The van der Waals surface area contributed by atoms with Crippen LogP contribution in [0.3, 0.4) is 0 Å². The molecule has 6 nitrogen and oxygen atoms in total. The number of hydrogen-bond acceptors (Lipinski definition) is 4. The molecule has 0 unspecified atom stereocenters. The van der Waals surface area contributed by atoms with Crippen LogP contribution in [-0.4, -0.2) is 31.6 Å². The minimum Gasteiger partial charge on any atom is -0.348 e. The van der Waals surface area contributed by atoms with Gasteiger partial charge in [-0.25, -0.2) is 9.89 Å². The largest absolute Gasteiger partial charge is 0.348 e. The second-order valence-electron chi connectivity index (χ2n) is 7.29. The van der Waals surface area contributed by atoms with E-state index in [1.807, 2.05) is 11.8 Å². The van der Waals surface area contributed by atoms with Gasteiger partial charge >= 0.3 is 5.69 Å².